The van der Waals surface area contributed by atoms with Gasteiger partial charge in [-0.15, -0.1) is 0 Å². The van der Waals surface area contributed by atoms with Crippen molar-refractivity contribution in [3.05, 3.63) is 23.8 Å². The van der Waals surface area contributed by atoms with Crippen LogP contribution in [0.3, 0.4) is 0 Å². The van der Waals surface area contributed by atoms with Crippen molar-refractivity contribution in [2.45, 2.75) is 25.9 Å². The first-order valence-electron chi connectivity index (χ1n) is 6.04. The number of thiazole rings is 1. The Morgan fingerprint density at radius 3 is 3.29 bits per heavy atom. The van der Waals surface area contributed by atoms with Crippen molar-refractivity contribution in [1.82, 2.24) is 4.98 Å². The predicted octanol–water partition coefficient (Wildman–Crippen LogP) is 3.20. The number of benzene rings is 1. The summed E-state index contributed by atoms with van der Waals surface area (Å²) in [5, 5.41) is 4.38. The standard InChI is InChI=1S/C13H16N2OS/c1-9-4-5-11-12(7-9)17-13(15-11)14-8-10-3-2-6-16-10/h4-5,7,10H,2-3,6,8H2,1H3,(H,14,15). The molecule has 1 fully saturated rings. The van der Waals surface area contributed by atoms with Crippen LogP contribution in [0.2, 0.25) is 0 Å². The van der Waals surface area contributed by atoms with Crippen molar-refractivity contribution >= 4 is 26.7 Å². The quantitative estimate of drug-likeness (QED) is 0.905. The van der Waals surface area contributed by atoms with Gasteiger partial charge >= 0.3 is 0 Å². The Bertz CT molecular complexity index is 517. The van der Waals surface area contributed by atoms with E-state index in [4.69, 9.17) is 4.74 Å². The summed E-state index contributed by atoms with van der Waals surface area (Å²) >= 11 is 1.72. The predicted molar refractivity (Wildman–Crippen MR) is 71.8 cm³/mol. The zero-order valence-electron chi connectivity index (χ0n) is 9.90. The van der Waals surface area contributed by atoms with Gasteiger partial charge in [0.05, 0.1) is 16.3 Å². The molecular weight excluding hydrogens is 232 g/mol. The number of hydrogen-bond acceptors (Lipinski definition) is 4. The van der Waals surface area contributed by atoms with Crippen LogP contribution in [-0.2, 0) is 4.74 Å². The Kier molecular flexibility index (Phi) is 2.99. The highest BCUT2D eigenvalue weighted by molar-refractivity contribution is 7.22. The summed E-state index contributed by atoms with van der Waals surface area (Å²) in [6.07, 6.45) is 2.71. The summed E-state index contributed by atoms with van der Waals surface area (Å²) in [7, 11) is 0. The average Bonchev–Trinajstić information content (AvgIpc) is 2.94. The van der Waals surface area contributed by atoms with E-state index in [-0.39, 0.29) is 0 Å². The fourth-order valence-electron chi connectivity index (χ4n) is 2.11. The Labute approximate surface area is 105 Å². The number of aromatic nitrogens is 1. The molecule has 0 spiro atoms. The Hall–Kier alpha value is -1.13. The molecule has 1 aliphatic heterocycles. The van der Waals surface area contributed by atoms with Crippen molar-refractivity contribution in [2.24, 2.45) is 0 Å². The lowest BCUT2D eigenvalue weighted by atomic mass is 10.2. The number of nitrogens with one attached hydrogen (secondary N) is 1. The van der Waals surface area contributed by atoms with E-state index in [2.05, 4.69) is 35.4 Å². The molecule has 0 aliphatic carbocycles. The third kappa shape index (κ3) is 2.42. The monoisotopic (exact) mass is 248 g/mol. The van der Waals surface area contributed by atoms with Gasteiger partial charge in [-0.05, 0) is 37.5 Å². The summed E-state index contributed by atoms with van der Waals surface area (Å²) in [4.78, 5) is 4.57. The number of rotatable bonds is 3. The third-order valence-electron chi connectivity index (χ3n) is 3.05. The van der Waals surface area contributed by atoms with E-state index in [9.17, 15) is 0 Å². The highest BCUT2D eigenvalue weighted by Crippen LogP contribution is 2.27. The first kappa shape index (κ1) is 11.0. The molecule has 0 radical (unpaired) electrons. The molecule has 1 atom stereocenters. The second kappa shape index (κ2) is 4.63. The topological polar surface area (TPSA) is 34.2 Å². The Balaban J connectivity index is 1.72. The zero-order chi connectivity index (χ0) is 11.7. The van der Waals surface area contributed by atoms with Gasteiger partial charge in [0.25, 0.3) is 0 Å². The van der Waals surface area contributed by atoms with E-state index in [1.165, 1.54) is 16.7 Å². The minimum absolute atomic E-state index is 0.365. The molecule has 0 bridgehead atoms. The van der Waals surface area contributed by atoms with Crippen LogP contribution >= 0.6 is 11.3 Å². The van der Waals surface area contributed by atoms with Crippen LogP contribution in [0.15, 0.2) is 18.2 Å². The van der Waals surface area contributed by atoms with Crippen LogP contribution in [0, 0.1) is 6.92 Å². The SMILES string of the molecule is Cc1ccc2nc(NCC3CCCO3)sc2c1. The average molecular weight is 248 g/mol. The Morgan fingerprint density at radius 2 is 2.47 bits per heavy atom. The van der Waals surface area contributed by atoms with Gasteiger partial charge in [0.2, 0.25) is 0 Å². The van der Waals surface area contributed by atoms with Gasteiger partial charge in [-0.2, -0.15) is 0 Å². The fraction of sp³-hybridized carbons (Fsp3) is 0.462. The molecule has 0 amide bonds. The van der Waals surface area contributed by atoms with E-state index in [0.29, 0.717) is 6.10 Å². The largest absolute Gasteiger partial charge is 0.376 e. The van der Waals surface area contributed by atoms with Crippen LogP contribution in [0.5, 0.6) is 0 Å². The number of fused-ring (bicyclic) bond motifs is 1. The second-order valence-electron chi connectivity index (χ2n) is 4.51. The fourth-order valence-corrected chi connectivity index (χ4v) is 3.08. The van der Waals surface area contributed by atoms with E-state index in [0.717, 1.165) is 30.2 Å². The Morgan fingerprint density at radius 1 is 1.53 bits per heavy atom. The smallest absolute Gasteiger partial charge is 0.183 e. The van der Waals surface area contributed by atoms with E-state index in [1.54, 1.807) is 11.3 Å². The van der Waals surface area contributed by atoms with Crippen molar-refractivity contribution in [3.63, 3.8) is 0 Å². The van der Waals surface area contributed by atoms with Gasteiger partial charge in [-0.25, -0.2) is 4.98 Å². The molecule has 1 aliphatic rings. The van der Waals surface area contributed by atoms with Gasteiger partial charge in [-0.3, -0.25) is 0 Å². The van der Waals surface area contributed by atoms with E-state index < -0.39 is 0 Å². The van der Waals surface area contributed by atoms with Gasteiger partial charge in [0, 0.05) is 13.2 Å². The van der Waals surface area contributed by atoms with E-state index >= 15 is 0 Å². The highest BCUT2D eigenvalue weighted by atomic mass is 32.1. The van der Waals surface area contributed by atoms with Crippen molar-refractivity contribution in [1.29, 1.82) is 0 Å². The van der Waals surface area contributed by atoms with Crippen LogP contribution in [-0.4, -0.2) is 24.2 Å². The van der Waals surface area contributed by atoms with Crippen LogP contribution in [0.4, 0.5) is 5.13 Å². The number of aryl methyl sites for hydroxylation is 1. The first-order chi connectivity index (χ1) is 8.31. The number of anilines is 1. The summed E-state index contributed by atoms with van der Waals surface area (Å²) < 4.78 is 6.83. The van der Waals surface area contributed by atoms with Crippen molar-refractivity contribution in [2.75, 3.05) is 18.5 Å². The molecule has 1 aromatic carbocycles. The van der Waals surface area contributed by atoms with Gasteiger partial charge in [0.15, 0.2) is 5.13 Å². The molecule has 90 valence electrons. The van der Waals surface area contributed by atoms with Crippen LogP contribution in [0.1, 0.15) is 18.4 Å². The highest BCUT2D eigenvalue weighted by Gasteiger charge is 2.15. The second-order valence-corrected chi connectivity index (χ2v) is 5.54. The van der Waals surface area contributed by atoms with Crippen molar-refractivity contribution in [3.8, 4) is 0 Å². The third-order valence-corrected chi connectivity index (χ3v) is 4.02. The van der Waals surface area contributed by atoms with Crippen LogP contribution < -0.4 is 5.32 Å². The molecule has 1 aromatic heterocycles. The summed E-state index contributed by atoms with van der Waals surface area (Å²) in [5.41, 5.74) is 2.36. The van der Waals surface area contributed by atoms with Crippen LogP contribution in [0.25, 0.3) is 10.2 Å². The minimum Gasteiger partial charge on any atom is -0.376 e. The lowest BCUT2D eigenvalue weighted by molar-refractivity contribution is 0.120. The number of ether oxygens (including phenoxy) is 1. The summed E-state index contributed by atoms with van der Waals surface area (Å²) in [6, 6.07) is 6.37. The lowest BCUT2D eigenvalue weighted by Gasteiger charge is -2.08. The molecule has 0 saturated carbocycles. The normalized spacial score (nSPS) is 19.9. The minimum atomic E-state index is 0.365. The van der Waals surface area contributed by atoms with Gasteiger partial charge in [0.1, 0.15) is 0 Å². The summed E-state index contributed by atoms with van der Waals surface area (Å²) in [5.74, 6) is 0. The van der Waals surface area contributed by atoms with Gasteiger partial charge in [-0.1, -0.05) is 17.4 Å². The first-order valence-corrected chi connectivity index (χ1v) is 6.85. The maximum atomic E-state index is 5.58. The molecule has 1 N–H and O–H groups in total. The maximum absolute atomic E-state index is 5.58. The molecule has 4 heteroatoms. The molecule has 2 aromatic rings. The molecule has 2 heterocycles. The molecule has 17 heavy (non-hydrogen) atoms. The maximum Gasteiger partial charge on any atom is 0.183 e. The van der Waals surface area contributed by atoms with Gasteiger partial charge < -0.3 is 10.1 Å². The molecule has 3 nitrogen and oxygen atoms in total. The van der Waals surface area contributed by atoms with Crippen molar-refractivity contribution < 1.29 is 4.74 Å². The summed E-state index contributed by atoms with van der Waals surface area (Å²) in [6.45, 7) is 3.89. The zero-order valence-corrected chi connectivity index (χ0v) is 10.7. The van der Waals surface area contributed by atoms with E-state index in [1.807, 2.05) is 0 Å². The molecular formula is C13H16N2OS. The molecule has 1 saturated heterocycles. The number of hydrogen-bond donors (Lipinski definition) is 1. The molecule has 3 rings (SSSR count). The molecule has 1 unspecified atom stereocenters. The lowest BCUT2D eigenvalue weighted by Crippen LogP contribution is -2.18. The number of nitrogens with zero attached hydrogens (tertiary/aromatic N) is 1.